The Balaban J connectivity index is 2.16. The minimum atomic E-state index is -4.56. The molecule has 1 aromatic carbocycles. The van der Waals surface area contributed by atoms with E-state index in [1.54, 1.807) is 0 Å². The van der Waals surface area contributed by atoms with Crippen LogP contribution in [0.5, 0.6) is 0 Å². The van der Waals surface area contributed by atoms with Crippen molar-refractivity contribution in [1.29, 1.82) is 0 Å². The Hall–Kier alpha value is -2.64. The molecule has 5 nitrogen and oxygen atoms in total. The number of amides is 1. The summed E-state index contributed by atoms with van der Waals surface area (Å²) in [6.45, 7) is 5.73. The van der Waals surface area contributed by atoms with E-state index in [-0.39, 0.29) is 11.4 Å². The van der Waals surface area contributed by atoms with Gasteiger partial charge in [0, 0.05) is 13.1 Å². The molecule has 0 saturated heterocycles. The Morgan fingerprint density at radius 3 is 2.27 bits per heavy atom. The van der Waals surface area contributed by atoms with Gasteiger partial charge in [0.1, 0.15) is 11.5 Å². The highest BCUT2D eigenvalue weighted by Crippen LogP contribution is 2.34. The van der Waals surface area contributed by atoms with E-state index in [0.717, 1.165) is 32.0 Å². The molecular weight excluding hydrogens is 345 g/mol. The van der Waals surface area contributed by atoms with Crippen LogP contribution in [0.25, 0.3) is 0 Å². The van der Waals surface area contributed by atoms with Crippen LogP contribution in [0.3, 0.4) is 0 Å². The summed E-state index contributed by atoms with van der Waals surface area (Å²) in [6, 6.07) is 4.81. The van der Waals surface area contributed by atoms with Crippen molar-refractivity contribution in [3.8, 4) is 0 Å². The molecule has 0 radical (unpaired) electrons. The van der Waals surface area contributed by atoms with Crippen LogP contribution in [0.15, 0.2) is 36.7 Å². The van der Waals surface area contributed by atoms with Crippen molar-refractivity contribution in [2.75, 3.05) is 23.3 Å². The van der Waals surface area contributed by atoms with Gasteiger partial charge in [-0.3, -0.25) is 4.79 Å². The molecule has 2 rings (SSSR count). The van der Waals surface area contributed by atoms with Gasteiger partial charge in [0.15, 0.2) is 0 Å². The number of halogens is 3. The minimum absolute atomic E-state index is 0.0429. The first-order valence-corrected chi connectivity index (χ1v) is 8.41. The summed E-state index contributed by atoms with van der Waals surface area (Å²) in [6.07, 6.45) is 0.0750. The van der Waals surface area contributed by atoms with Crippen molar-refractivity contribution < 1.29 is 18.0 Å². The van der Waals surface area contributed by atoms with Gasteiger partial charge in [0.25, 0.3) is 5.91 Å². The smallest absolute Gasteiger partial charge is 0.355 e. The lowest BCUT2D eigenvalue weighted by Gasteiger charge is -2.22. The van der Waals surface area contributed by atoms with Gasteiger partial charge >= 0.3 is 6.18 Å². The molecule has 0 atom stereocenters. The van der Waals surface area contributed by atoms with E-state index in [9.17, 15) is 18.0 Å². The maximum absolute atomic E-state index is 13.0. The number of benzene rings is 1. The lowest BCUT2D eigenvalue weighted by molar-refractivity contribution is -0.136. The first-order valence-electron chi connectivity index (χ1n) is 8.41. The van der Waals surface area contributed by atoms with Crippen LogP contribution in [-0.4, -0.2) is 29.0 Å². The first kappa shape index (κ1) is 19.7. The molecule has 0 fully saturated rings. The molecule has 26 heavy (non-hydrogen) atoms. The number of nitrogens with one attached hydrogen (secondary N) is 1. The van der Waals surface area contributed by atoms with Crippen LogP contribution in [0.2, 0.25) is 0 Å². The summed E-state index contributed by atoms with van der Waals surface area (Å²) in [7, 11) is 0. The van der Waals surface area contributed by atoms with E-state index in [1.165, 1.54) is 30.6 Å². The molecule has 2 aromatic rings. The first-order chi connectivity index (χ1) is 12.4. The third kappa shape index (κ3) is 4.93. The number of aromatic nitrogens is 2. The number of alkyl halides is 3. The summed E-state index contributed by atoms with van der Waals surface area (Å²) in [4.78, 5) is 22.6. The van der Waals surface area contributed by atoms with Gasteiger partial charge in [-0.05, 0) is 25.0 Å². The van der Waals surface area contributed by atoms with Gasteiger partial charge in [-0.2, -0.15) is 13.2 Å². The molecule has 0 bridgehead atoms. The third-order valence-electron chi connectivity index (χ3n) is 3.66. The van der Waals surface area contributed by atoms with Gasteiger partial charge in [0.2, 0.25) is 0 Å². The SMILES string of the molecule is CCCN(CCC)c1cnc(C(=O)Nc2ccccc2C(F)(F)F)cn1. The van der Waals surface area contributed by atoms with Gasteiger partial charge in [-0.25, -0.2) is 9.97 Å². The average Bonchev–Trinajstić information content (AvgIpc) is 2.61. The fourth-order valence-corrected chi connectivity index (χ4v) is 2.51. The minimum Gasteiger partial charge on any atom is -0.355 e. The maximum Gasteiger partial charge on any atom is 0.418 e. The fraction of sp³-hybridized carbons (Fsp3) is 0.389. The van der Waals surface area contributed by atoms with Gasteiger partial charge in [0.05, 0.1) is 23.6 Å². The van der Waals surface area contributed by atoms with Crippen LogP contribution in [0.1, 0.15) is 42.7 Å². The number of anilines is 2. The lowest BCUT2D eigenvalue weighted by atomic mass is 10.1. The lowest BCUT2D eigenvalue weighted by Crippen LogP contribution is -2.26. The second-order valence-electron chi connectivity index (χ2n) is 5.74. The van der Waals surface area contributed by atoms with E-state index in [4.69, 9.17) is 0 Å². The van der Waals surface area contributed by atoms with E-state index in [2.05, 4.69) is 29.1 Å². The normalized spacial score (nSPS) is 11.3. The third-order valence-corrected chi connectivity index (χ3v) is 3.66. The summed E-state index contributed by atoms with van der Waals surface area (Å²) in [5, 5.41) is 2.26. The average molecular weight is 366 g/mol. The van der Waals surface area contributed by atoms with Gasteiger partial charge in [-0.1, -0.05) is 26.0 Å². The Labute approximate surface area is 150 Å². The molecule has 1 N–H and O–H groups in total. The van der Waals surface area contributed by atoms with E-state index in [1.807, 2.05) is 4.90 Å². The predicted molar refractivity (Wildman–Crippen MR) is 94.2 cm³/mol. The quantitative estimate of drug-likeness (QED) is 0.790. The summed E-state index contributed by atoms with van der Waals surface area (Å²) in [5.74, 6) is -0.0979. The molecule has 0 aliphatic heterocycles. The topological polar surface area (TPSA) is 58.1 Å². The molecule has 1 heterocycles. The highest BCUT2D eigenvalue weighted by Gasteiger charge is 2.33. The van der Waals surface area contributed by atoms with Crippen molar-refractivity contribution in [3.63, 3.8) is 0 Å². The van der Waals surface area contributed by atoms with Crippen LogP contribution < -0.4 is 10.2 Å². The highest BCUT2D eigenvalue weighted by atomic mass is 19.4. The molecule has 0 aliphatic carbocycles. The van der Waals surface area contributed by atoms with Crippen molar-refractivity contribution in [2.45, 2.75) is 32.9 Å². The second-order valence-corrected chi connectivity index (χ2v) is 5.74. The van der Waals surface area contributed by atoms with Gasteiger partial charge in [-0.15, -0.1) is 0 Å². The molecule has 0 aliphatic rings. The van der Waals surface area contributed by atoms with Crippen LogP contribution in [-0.2, 0) is 6.18 Å². The summed E-state index contributed by atoms with van der Waals surface area (Å²) >= 11 is 0. The van der Waals surface area contributed by atoms with Crippen molar-refractivity contribution in [3.05, 3.63) is 47.9 Å². The summed E-state index contributed by atoms with van der Waals surface area (Å²) in [5.41, 5.74) is -1.26. The molecule has 0 saturated carbocycles. The molecule has 140 valence electrons. The Morgan fingerprint density at radius 1 is 1.08 bits per heavy atom. The largest absolute Gasteiger partial charge is 0.418 e. The number of nitrogens with zero attached hydrogens (tertiary/aromatic N) is 3. The monoisotopic (exact) mass is 366 g/mol. The Kier molecular flexibility index (Phi) is 6.54. The maximum atomic E-state index is 13.0. The molecule has 8 heteroatoms. The standard InChI is InChI=1S/C18H21F3N4O/c1-3-9-25(10-4-2)16-12-22-15(11-23-16)17(26)24-14-8-6-5-7-13(14)18(19,20)21/h5-8,11-12H,3-4,9-10H2,1-2H3,(H,24,26). The van der Waals surface area contributed by atoms with Crippen molar-refractivity contribution in [1.82, 2.24) is 9.97 Å². The van der Waals surface area contributed by atoms with Crippen LogP contribution in [0.4, 0.5) is 24.7 Å². The zero-order chi connectivity index (χ0) is 19.2. The predicted octanol–water partition coefficient (Wildman–Crippen LogP) is 4.37. The molecule has 1 amide bonds. The summed E-state index contributed by atoms with van der Waals surface area (Å²) < 4.78 is 39.0. The molecule has 0 spiro atoms. The number of carbonyl (C=O) groups excluding carboxylic acids is 1. The Bertz CT molecular complexity index is 726. The van der Waals surface area contributed by atoms with E-state index in [0.29, 0.717) is 5.82 Å². The molecular formula is C18H21F3N4O. The van der Waals surface area contributed by atoms with Crippen molar-refractivity contribution >= 4 is 17.4 Å². The number of carbonyl (C=O) groups is 1. The Morgan fingerprint density at radius 2 is 1.73 bits per heavy atom. The number of hydrogen-bond donors (Lipinski definition) is 1. The van der Waals surface area contributed by atoms with E-state index < -0.39 is 17.6 Å². The van der Waals surface area contributed by atoms with Crippen LogP contribution >= 0.6 is 0 Å². The number of hydrogen-bond acceptors (Lipinski definition) is 4. The zero-order valence-electron chi connectivity index (χ0n) is 14.7. The van der Waals surface area contributed by atoms with Crippen molar-refractivity contribution in [2.24, 2.45) is 0 Å². The number of para-hydroxylation sites is 1. The molecule has 0 unspecified atom stereocenters. The number of rotatable bonds is 7. The zero-order valence-corrected chi connectivity index (χ0v) is 14.7. The fourth-order valence-electron chi connectivity index (χ4n) is 2.51. The van der Waals surface area contributed by atoms with Gasteiger partial charge < -0.3 is 10.2 Å². The molecule has 1 aromatic heterocycles. The van der Waals surface area contributed by atoms with Crippen LogP contribution in [0, 0.1) is 0 Å². The highest BCUT2D eigenvalue weighted by molar-refractivity contribution is 6.03. The second kappa shape index (κ2) is 8.64. The van der Waals surface area contributed by atoms with E-state index >= 15 is 0 Å².